The normalized spacial score (nSPS) is 9.80. The summed E-state index contributed by atoms with van der Waals surface area (Å²) < 4.78 is 4.05. The zero-order valence-electron chi connectivity index (χ0n) is 15.0. The van der Waals surface area contributed by atoms with Gasteiger partial charge in [0.25, 0.3) is 0 Å². The number of rotatable bonds is 16. The van der Waals surface area contributed by atoms with Gasteiger partial charge >= 0.3 is 72.9 Å². The van der Waals surface area contributed by atoms with Crippen LogP contribution in [0.1, 0.15) is 110 Å². The van der Waals surface area contributed by atoms with Crippen LogP contribution in [-0.2, 0) is 9.53 Å². The van der Waals surface area contributed by atoms with Crippen molar-refractivity contribution in [3.05, 3.63) is 0 Å². The van der Waals surface area contributed by atoms with E-state index in [9.17, 15) is 9.59 Å². The van der Waals surface area contributed by atoms with Gasteiger partial charge < -0.3 is 9.84 Å². The van der Waals surface area contributed by atoms with Crippen LogP contribution in [0.25, 0.3) is 0 Å². The van der Waals surface area contributed by atoms with Gasteiger partial charge in [-0.2, -0.15) is 0 Å². The molecule has 0 fully saturated rings. The van der Waals surface area contributed by atoms with E-state index in [1.807, 2.05) is 0 Å². The average molecular weight is 397 g/mol. The number of esters is 1. The number of unbranched alkanes of at least 4 members (excludes halogenated alkanes) is 14. The molecule has 0 aliphatic carbocycles. The molecule has 0 aromatic heterocycles. The second-order valence-corrected chi connectivity index (χ2v) is 6.44. The molecule has 0 bridgehead atoms. The summed E-state index contributed by atoms with van der Waals surface area (Å²) in [5, 5.41) is 8.27. The Balaban J connectivity index is -0.00000242. The Labute approximate surface area is 200 Å². The molecule has 0 aromatic rings. The minimum absolute atomic E-state index is 0. The Morgan fingerprint density at radius 2 is 1.00 bits per heavy atom. The van der Waals surface area contributed by atoms with E-state index in [4.69, 9.17) is 5.11 Å². The Morgan fingerprint density at radius 1 is 0.680 bits per heavy atom. The second kappa shape index (κ2) is 25.0. The molecule has 0 rings (SSSR count). The van der Waals surface area contributed by atoms with Gasteiger partial charge in [-0.3, -0.25) is 4.79 Å². The summed E-state index contributed by atoms with van der Waals surface area (Å²) in [4.78, 5) is 21.1. The van der Waals surface area contributed by atoms with Crippen molar-refractivity contribution in [2.24, 2.45) is 0 Å². The molecule has 0 atom stereocenters. The summed E-state index contributed by atoms with van der Waals surface area (Å²) in [6.45, 7) is 2.26. The van der Waals surface area contributed by atoms with E-state index in [1.165, 1.54) is 77.0 Å². The number of carbonyl (C=O) groups excluding carboxylic acids is 1. The first-order valence-corrected chi connectivity index (χ1v) is 9.60. The van der Waals surface area contributed by atoms with Crippen molar-refractivity contribution in [2.75, 3.05) is 0 Å². The van der Waals surface area contributed by atoms with Crippen molar-refractivity contribution in [2.45, 2.75) is 110 Å². The number of carboxylic acid groups (broad SMARTS) is 1. The predicted molar refractivity (Wildman–Crippen MR) is 111 cm³/mol. The summed E-state index contributed by atoms with van der Waals surface area (Å²) in [7, 11) is 0. The van der Waals surface area contributed by atoms with Gasteiger partial charge in [-0.1, -0.05) is 96.8 Å². The van der Waals surface area contributed by atoms with Crippen LogP contribution >= 0.6 is 0 Å². The Kier molecular flexibility index (Phi) is 30.6. The Bertz CT molecular complexity index is 301. The average Bonchev–Trinajstić information content (AvgIpc) is 2.50. The van der Waals surface area contributed by atoms with Gasteiger partial charge in [-0.05, 0) is 6.42 Å². The maximum Gasteiger partial charge on any atom is 0.316 e. The molecule has 0 saturated heterocycles. The number of carbonyl (C=O) groups is 2. The van der Waals surface area contributed by atoms with E-state index >= 15 is 0 Å². The summed E-state index contributed by atoms with van der Waals surface area (Å²) in [5.41, 5.74) is 0. The summed E-state index contributed by atoms with van der Waals surface area (Å²) in [6.07, 6.45) is 17.8. The van der Waals surface area contributed by atoms with Crippen molar-refractivity contribution in [3.63, 3.8) is 0 Å². The maximum atomic E-state index is 11.0. The largest absolute Gasteiger partial charge is 0.316 e. The minimum atomic E-state index is -1.50. The maximum absolute atomic E-state index is 11.0. The smallest absolute Gasteiger partial charge is 0.316 e. The van der Waals surface area contributed by atoms with Crippen LogP contribution in [0, 0.1) is 0 Å². The molecule has 1 N–H and O–H groups in total. The van der Waals surface area contributed by atoms with E-state index in [0.29, 0.717) is 0 Å². The SMILES string of the molecule is CCCCCCCCCCCCCCCCCC(=O)OC(=O)O.[CaH2].[MgH2]. The van der Waals surface area contributed by atoms with Crippen molar-refractivity contribution in [3.8, 4) is 0 Å². The summed E-state index contributed by atoms with van der Waals surface area (Å²) in [6, 6.07) is 0. The molecule has 0 aliphatic heterocycles. The fraction of sp³-hybridized carbons (Fsp3) is 0.895. The topological polar surface area (TPSA) is 63.6 Å². The number of hydrogen-bond donors (Lipinski definition) is 1. The second-order valence-electron chi connectivity index (χ2n) is 6.44. The summed E-state index contributed by atoms with van der Waals surface area (Å²) in [5.74, 6) is -0.632. The van der Waals surface area contributed by atoms with Gasteiger partial charge in [-0.15, -0.1) is 0 Å². The number of hydrogen-bond acceptors (Lipinski definition) is 3. The van der Waals surface area contributed by atoms with E-state index in [2.05, 4.69) is 11.7 Å². The number of ether oxygens (including phenoxy) is 1. The first-order chi connectivity index (χ1) is 11.2. The molecular formula is C19H40CaMgO4. The third kappa shape index (κ3) is 27.3. The van der Waals surface area contributed by atoms with Crippen molar-refractivity contribution < 1.29 is 19.4 Å². The van der Waals surface area contributed by atoms with Crippen molar-refractivity contribution in [1.29, 1.82) is 0 Å². The first-order valence-electron chi connectivity index (χ1n) is 9.60. The molecule has 0 saturated carbocycles. The van der Waals surface area contributed by atoms with Crippen LogP contribution < -0.4 is 0 Å². The van der Waals surface area contributed by atoms with Gasteiger partial charge in [0.15, 0.2) is 0 Å². The minimum Gasteiger partial charge on any atom is 0.316 e. The fourth-order valence-corrected chi connectivity index (χ4v) is 2.79. The molecule has 4 nitrogen and oxygen atoms in total. The van der Waals surface area contributed by atoms with E-state index in [0.717, 1.165) is 19.3 Å². The van der Waals surface area contributed by atoms with Gasteiger partial charge in [0, 0.05) is 6.42 Å². The van der Waals surface area contributed by atoms with Crippen molar-refractivity contribution >= 4 is 72.9 Å². The molecule has 6 heteroatoms. The molecule has 0 aliphatic rings. The predicted octanol–water partition coefficient (Wildman–Crippen LogP) is 4.64. The molecule has 0 spiro atoms. The van der Waals surface area contributed by atoms with Crippen LogP contribution in [0.3, 0.4) is 0 Å². The molecule has 0 radical (unpaired) electrons. The van der Waals surface area contributed by atoms with Crippen LogP contribution in [0.5, 0.6) is 0 Å². The standard InChI is InChI=1S/C19H36O4.Ca.Mg.4H/c1-2-3-4-5-6-7-8-9-10-11-12-13-14-15-16-17-18(20)23-19(21)22;;;;;;/h2-17H2,1H3,(H,21,22);;;;;;. The van der Waals surface area contributed by atoms with Crippen LogP contribution in [0.4, 0.5) is 4.79 Å². The van der Waals surface area contributed by atoms with Crippen LogP contribution in [0.2, 0.25) is 0 Å². The molecule has 0 heterocycles. The van der Waals surface area contributed by atoms with Gasteiger partial charge in [0.05, 0.1) is 0 Å². The first kappa shape index (κ1) is 30.7. The molecular weight excluding hydrogens is 357 g/mol. The Morgan fingerprint density at radius 3 is 1.32 bits per heavy atom. The third-order valence-corrected chi connectivity index (χ3v) is 4.19. The zero-order chi connectivity index (χ0) is 17.2. The molecule has 144 valence electrons. The molecule has 0 aromatic carbocycles. The molecule has 0 unspecified atom stereocenters. The van der Waals surface area contributed by atoms with E-state index in [1.54, 1.807) is 0 Å². The molecule has 25 heavy (non-hydrogen) atoms. The fourth-order valence-electron chi connectivity index (χ4n) is 2.79. The van der Waals surface area contributed by atoms with E-state index in [-0.39, 0.29) is 67.2 Å². The van der Waals surface area contributed by atoms with Crippen LogP contribution in [0.15, 0.2) is 0 Å². The Hall–Kier alpha value is 0.966. The molecule has 0 amide bonds. The monoisotopic (exact) mass is 396 g/mol. The van der Waals surface area contributed by atoms with Gasteiger partial charge in [0.2, 0.25) is 0 Å². The van der Waals surface area contributed by atoms with Crippen LogP contribution in [-0.4, -0.2) is 78.0 Å². The van der Waals surface area contributed by atoms with Crippen molar-refractivity contribution in [1.82, 2.24) is 0 Å². The van der Waals surface area contributed by atoms with E-state index < -0.39 is 12.1 Å². The zero-order valence-corrected chi connectivity index (χ0v) is 15.0. The van der Waals surface area contributed by atoms with Gasteiger partial charge in [0.1, 0.15) is 0 Å². The quantitative estimate of drug-likeness (QED) is 0.179. The summed E-state index contributed by atoms with van der Waals surface area (Å²) >= 11 is 0. The third-order valence-electron chi connectivity index (χ3n) is 4.19. The van der Waals surface area contributed by atoms with Gasteiger partial charge in [-0.25, -0.2) is 4.79 Å².